The Labute approximate surface area is 64.5 Å². The van der Waals surface area contributed by atoms with E-state index in [1.165, 1.54) is 0 Å². The molecule has 0 bridgehead atoms. The predicted octanol–water partition coefficient (Wildman–Crippen LogP) is -1.72. The Kier molecular flexibility index (Phi) is 1440. The predicted molar refractivity (Wildman–Crippen MR) is 30.4 cm³/mol. The van der Waals surface area contributed by atoms with Gasteiger partial charge in [0.05, 0.1) is 0 Å². The average molecular weight is 204 g/mol. The SMILES string of the molecule is O.O.OO.OO.OOO.OOO. The maximum absolute atomic E-state index is 6.62. The molecular weight excluding hydrogens is 192 g/mol. The van der Waals surface area contributed by atoms with E-state index >= 15 is 0 Å². The van der Waals surface area contributed by atoms with Crippen LogP contribution >= 0.6 is 0 Å². The fourth-order valence-corrected chi connectivity index (χ4v) is 0. The largest absolute Gasteiger partial charge is 0.412 e. The summed E-state index contributed by atoms with van der Waals surface area (Å²) in [5, 5.41) is 55.0. The quantitative estimate of drug-likeness (QED) is 0.164. The van der Waals surface area contributed by atoms with Crippen molar-refractivity contribution in [2.75, 3.05) is 0 Å². The molecule has 0 rings (SSSR count). The lowest BCUT2D eigenvalue weighted by Gasteiger charge is -1.56. The monoisotopic (exact) mass is 204 g/mol. The first kappa shape index (κ1) is 41.8. The van der Waals surface area contributed by atoms with Gasteiger partial charge in [-0.3, -0.25) is 21.0 Å². The molecule has 0 atom stereocenters. The highest BCUT2D eigenvalue weighted by Gasteiger charge is 1.27. The van der Waals surface area contributed by atoms with Crippen molar-refractivity contribution >= 4 is 0 Å². The Balaban J connectivity index is -0.00000000967. The first-order chi connectivity index (χ1) is 4.83. The Hall–Kier alpha value is -0.480. The van der Waals surface area contributed by atoms with Gasteiger partial charge in [-0.15, -0.1) is 0 Å². The molecule has 0 fully saturated rings. The van der Waals surface area contributed by atoms with Crippen LogP contribution < -0.4 is 0 Å². The van der Waals surface area contributed by atoms with Gasteiger partial charge in [-0.05, 0) is 0 Å². The van der Waals surface area contributed by atoms with Crippen molar-refractivity contribution in [2.45, 2.75) is 0 Å². The van der Waals surface area contributed by atoms with Gasteiger partial charge in [0, 0.05) is 0 Å². The molecule has 0 aliphatic heterocycles. The summed E-state index contributed by atoms with van der Waals surface area (Å²) in [7, 11) is 0. The molecule has 0 radical (unpaired) electrons. The van der Waals surface area contributed by atoms with Crippen molar-refractivity contribution < 1.29 is 63.1 Å². The molecule has 0 aromatic rings. The molecule has 84 valence electrons. The zero-order valence-electron chi connectivity index (χ0n) is 5.39. The average Bonchev–Trinajstić information content (AvgIpc) is 1.99. The van der Waals surface area contributed by atoms with Gasteiger partial charge in [-0.25, -0.2) is 21.0 Å². The molecule has 0 aromatic carbocycles. The summed E-state index contributed by atoms with van der Waals surface area (Å²) < 4.78 is 0. The Morgan fingerprint density at radius 1 is 0.500 bits per heavy atom. The van der Waals surface area contributed by atoms with Crippen molar-refractivity contribution in [1.82, 2.24) is 0 Å². The Morgan fingerprint density at radius 3 is 0.500 bits per heavy atom. The van der Waals surface area contributed by atoms with E-state index in [9.17, 15) is 0 Å². The van der Waals surface area contributed by atoms with E-state index in [-0.39, 0.29) is 11.0 Å². The summed E-state index contributed by atoms with van der Waals surface area (Å²) in [5.74, 6) is 0. The smallest absolute Gasteiger partial charge is 0.0737 e. The second-order valence-corrected chi connectivity index (χ2v) is 0.163. The molecule has 12 nitrogen and oxygen atoms in total. The molecule has 0 aliphatic rings. The van der Waals surface area contributed by atoms with Crippen LogP contribution in [-0.4, -0.2) is 53.0 Å². The third kappa shape index (κ3) is 3000. The van der Waals surface area contributed by atoms with Crippen LogP contribution in [0, 0.1) is 0 Å². The van der Waals surface area contributed by atoms with Crippen molar-refractivity contribution in [3.05, 3.63) is 0 Å². The lowest BCUT2D eigenvalue weighted by atomic mass is 14.6. The molecular formula is H12O12. The van der Waals surface area contributed by atoms with Gasteiger partial charge < -0.3 is 11.0 Å². The Bertz CT molecular complexity index is 2.00. The van der Waals surface area contributed by atoms with Crippen LogP contribution in [0.15, 0.2) is 0 Å². The third-order valence-electron chi connectivity index (χ3n) is 0. The molecule has 0 heterocycles. The lowest BCUT2D eigenvalue weighted by molar-refractivity contribution is -0.465. The van der Waals surface area contributed by atoms with E-state index < -0.39 is 0 Å². The molecule has 12 N–H and O–H groups in total. The lowest BCUT2D eigenvalue weighted by Crippen LogP contribution is -1.60. The first-order valence-corrected chi connectivity index (χ1v) is 1.13. The summed E-state index contributed by atoms with van der Waals surface area (Å²) in [6.07, 6.45) is 0. The number of hydrogen-bond donors (Lipinski definition) is 8. The van der Waals surface area contributed by atoms with Crippen molar-refractivity contribution in [3.8, 4) is 0 Å². The summed E-state index contributed by atoms with van der Waals surface area (Å²) >= 11 is 0. The van der Waals surface area contributed by atoms with Gasteiger partial charge in [0.25, 0.3) is 0 Å². The van der Waals surface area contributed by atoms with Crippen LogP contribution in [0.1, 0.15) is 0 Å². The van der Waals surface area contributed by atoms with E-state index in [4.69, 9.17) is 42.1 Å². The fourth-order valence-electron chi connectivity index (χ4n) is 0. The highest BCUT2D eigenvalue weighted by atomic mass is 17.4. The highest BCUT2D eigenvalue weighted by molar-refractivity contribution is 2.38. The standard InChI is InChI=1S/2H2O3.2H2O2.2H2O/c2*1-3-2;2*1-2;;/h2*1-2H;2*1-2H;2*1H2. The zero-order valence-corrected chi connectivity index (χ0v) is 5.39. The van der Waals surface area contributed by atoms with E-state index in [1.54, 1.807) is 0 Å². The molecule has 0 amide bonds. The summed E-state index contributed by atoms with van der Waals surface area (Å²) in [5.41, 5.74) is 0. The van der Waals surface area contributed by atoms with Crippen LogP contribution in [0.5, 0.6) is 0 Å². The molecule has 12 heteroatoms. The molecule has 0 spiro atoms. The number of hydrogen-bond acceptors (Lipinski definition) is 10. The van der Waals surface area contributed by atoms with Crippen LogP contribution in [0.4, 0.5) is 0 Å². The van der Waals surface area contributed by atoms with Crippen LogP contribution in [0.3, 0.4) is 0 Å². The molecule has 12 heavy (non-hydrogen) atoms. The minimum absolute atomic E-state index is 0. The van der Waals surface area contributed by atoms with E-state index in [0.717, 1.165) is 0 Å². The summed E-state index contributed by atoms with van der Waals surface area (Å²) in [4.78, 5) is 0. The third-order valence-corrected chi connectivity index (χ3v) is 0. The summed E-state index contributed by atoms with van der Waals surface area (Å²) in [6, 6.07) is 0. The van der Waals surface area contributed by atoms with Crippen LogP contribution in [-0.2, 0) is 10.1 Å². The topological polar surface area (TPSA) is 243 Å². The van der Waals surface area contributed by atoms with Gasteiger partial charge in [0.15, 0.2) is 0 Å². The van der Waals surface area contributed by atoms with E-state index in [2.05, 4.69) is 10.1 Å². The maximum Gasteiger partial charge on any atom is -0.0737 e. The minimum atomic E-state index is 0. The van der Waals surface area contributed by atoms with Crippen LogP contribution in [0.25, 0.3) is 0 Å². The van der Waals surface area contributed by atoms with Crippen LogP contribution in [0.2, 0.25) is 0 Å². The van der Waals surface area contributed by atoms with Gasteiger partial charge in [-0.2, -0.15) is 0 Å². The maximum atomic E-state index is 6.62. The Morgan fingerprint density at radius 2 is 0.500 bits per heavy atom. The highest BCUT2D eigenvalue weighted by Crippen LogP contribution is 1.24. The normalized spacial score (nSPS) is 4.00. The molecule has 0 saturated carbocycles. The second-order valence-electron chi connectivity index (χ2n) is 0.163. The van der Waals surface area contributed by atoms with Crippen molar-refractivity contribution in [1.29, 1.82) is 0 Å². The van der Waals surface area contributed by atoms with Gasteiger partial charge in [0.1, 0.15) is 0 Å². The first-order valence-electron chi connectivity index (χ1n) is 1.13. The van der Waals surface area contributed by atoms with E-state index in [1.807, 2.05) is 0 Å². The molecule has 0 aromatic heterocycles. The van der Waals surface area contributed by atoms with Crippen molar-refractivity contribution in [2.24, 2.45) is 0 Å². The van der Waals surface area contributed by atoms with Gasteiger partial charge in [-0.1, -0.05) is 10.1 Å². The second kappa shape index (κ2) is 413. The van der Waals surface area contributed by atoms with E-state index in [0.29, 0.717) is 0 Å². The van der Waals surface area contributed by atoms with Gasteiger partial charge in [0.2, 0.25) is 0 Å². The zero-order chi connectivity index (χ0) is 9.41. The van der Waals surface area contributed by atoms with Gasteiger partial charge >= 0.3 is 0 Å². The number of rotatable bonds is 0. The molecule has 0 aliphatic carbocycles. The van der Waals surface area contributed by atoms with Crippen molar-refractivity contribution in [3.63, 3.8) is 0 Å². The molecule has 0 saturated heterocycles. The summed E-state index contributed by atoms with van der Waals surface area (Å²) in [6.45, 7) is 0. The minimum Gasteiger partial charge on any atom is -0.412 e. The fraction of sp³-hybridized carbons (Fsp3) is 0. The molecule has 0 unspecified atom stereocenters.